The minimum atomic E-state index is -4.15. The quantitative estimate of drug-likeness (QED) is 0.534. The Hall–Kier alpha value is -0.690. The molecule has 58 valence electrons. The highest BCUT2D eigenvalue weighted by molar-refractivity contribution is 4.87. The summed E-state index contributed by atoms with van der Waals surface area (Å²) in [6.07, 6.45) is 0.642. The van der Waals surface area contributed by atoms with E-state index in [0.717, 1.165) is 4.90 Å². The lowest BCUT2D eigenvalue weighted by atomic mass is 10.5. The van der Waals surface area contributed by atoms with Gasteiger partial charge in [-0.3, -0.25) is 4.90 Å². The van der Waals surface area contributed by atoms with Gasteiger partial charge in [-0.15, -0.1) is 6.42 Å². The number of rotatable bonds is 2. The molecule has 10 heavy (non-hydrogen) atoms. The highest BCUT2D eigenvalue weighted by Crippen LogP contribution is 2.14. The molecule has 0 heterocycles. The van der Waals surface area contributed by atoms with Gasteiger partial charge in [0.2, 0.25) is 0 Å². The number of terminal acetylenes is 1. The van der Waals surface area contributed by atoms with Crippen LogP contribution >= 0.6 is 0 Å². The van der Waals surface area contributed by atoms with E-state index in [9.17, 15) is 13.2 Å². The first kappa shape index (κ1) is 9.31. The van der Waals surface area contributed by atoms with Crippen molar-refractivity contribution in [1.82, 2.24) is 4.90 Å². The monoisotopic (exact) mass is 151 g/mol. The second kappa shape index (κ2) is 3.47. The molecule has 1 nitrogen and oxygen atoms in total. The molecule has 0 spiro atoms. The third-order valence-electron chi connectivity index (χ3n) is 0.810. The van der Waals surface area contributed by atoms with Gasteiger partial charge >= 0.3 is 6.18 Å². The second-order valence-electron chi connectivity index (χ2n) is 1.99. The predicted octanol–water partition coefficient (Wildman–Crippen LogP) is 1.11. The zero-order valence-electron chi connectivity index (χ0n) is 5.57. The van der Waals surface area contributed by atoms with Crippen molar-refractivity contribution in [3.8, 4) is 12.3 Å². The summed E-state index contributed by atoms with van der Waals surface area (Å²) < 4.78 is 34.6. The summed E-state index contributed by atoms with van der Waals surface area (Å²) in [6.45, 7) is -0.920. The van der Waals surface area contributed by atoms with Crippen LogP contribution in [0.25, 0.3) is 0 Å². The maximum Gasteiger partial charge on any atom is 0.401 e. The Labute approximate surface area is 57.8 Å². The van der Waals surface area contributed by atoms with Gasteiger partial charge in [-0.2, -0.15) is 13.2 Å². The minimum Gasteiger partial charge on any atom is -0.287 e. The van der Waals surface area contributed by atoms with Crippen LogP contribution in [0.15, 0.2) is 0 Å². The Morgan fingerprint density at radius 1 is 1.50 bits per heavy atom. The average Bonchev–Trinajstić information content (AvgIpc) is 1.59. The lowest BCUT2D eigenvalue weighted by Gasteiger charge is -2.14. The van der Waals surface area contributed by atoms with E-state index in [1.165, 1.54) is 7.05 Å². The first-order valence-corrected chi connectivity index (χ1v) is 2.64. The number of nitrogens with zero attached hydrogens (tertiary/aromatic N) is 1. The fourth-order valence-electron chi connectivity index (χ4n) is 0.518. The number of halogens is 3. The summed E-state index contributed by atoms with van der Waals surface area (Å²) in [5.41, 5.74) is 0. The van der Waals surface area contributed by atoms with Gasteiger partial charge in [0.25, 0.3) is 0 Å². The van der Waals surface area contributed by atoms with Crippen molar-refractivity contribution in [3.05, 3.63) is 0 Å². The van der Waals surface area contributed by atoms with Crippen LogP contribution in [-0.2, 0) is 0 Å². The topological polar surface area (TPSA) is 3.24 Å². The molecule has 0 amide bonds. The van der Waals surface area contributed by atoms with E-state index < -0.39 is 12.7 Å². The molecule has 0 atom stereocenters. The molecule has 0 unspecified atom stereocenters. The molecule has 0 radical (unpaired) electrons. The zero-order chi connectivity index (χ0) is 8.20. The molecule has 0 aliphatic heterocycles. The molecule has 0 fully saturated rings. The summed E-state index contributed by atoms with van der Waals surface area (Å²) in [5.74, 6) is 2.12. The first-order valence-electron chi connectivity index (χ1n) is 2.64. The van der Waals surface area contributed by atoms with Crippen molar-refractivity contribution in [2.45, 2.75) is 6.18 Å². The Morgan fingerprint density at radius 3 is 2.30 bits per heavy atom. The van der Waals surface area contributed by atoms with Crippen molar-refractivity contribution < 1.29 is 13.2 Å². The third-order valence-corrected chi connectivity index (χ3v) is 0.810. The smallest absolute Gasteiger partial charge is 0.287 e. The van der Waals surface area contributed by atoms with Gasteiger partial charge in [0.15, 0.2) is 0 Å². The van der Waals surface area contributed by atoms with Crippen LogP contribution in [-0.4, -0.2) is 31.2 Å². The summed E-state index contributed by atoms with van der Waals surface area (Å²) >= 11 is 0. The molecule has 0 saturated carbocycles. The van der Waals surface area contributed by atoms with Crippen molar-refractivity contribution in [2.75, 3.05) is 20.1 Å². The fraction of sp³-hybridized carbons (Fsp3) is 0.667. The largest absolute Gasteiger partial charge is 0.401 e. The SMILES string of the molecule is C#CCN(C)CC(F)(F)F. The van der Waals surface area contributed by atoms with E-state index in [2.05, 4.69) is 5.92 Å². The standard InChI is InChI=1S/C6H8F3N/c1-3-4-10(2)5-6(7,8)9/h1H,4-5H2,2H3. The maximum atomic E-state index is 11.5. The first-order chi connectivity index (χ1) is 4.45. The Morgan fingerprint density at radius 2 is 2.00 bits per heavy atom. The lowest BCUT2D eigenvalue weighted by molar-refractivity contribution is -0.141. The van der Waals surface area contributed by atoms with Crippen LogP contribution < -0.4 is 0 Å². The average molecular weight is 151 g/mol. The Balaban J connectivity index is 3.60. The number of hydrogen-bond acceptors (Lipinski definition) is 1. The highest BCUT2D eigenvalue weighted by Gasteiger charge is 2.28. The molecule has 0 aromatic heterocycles. The van der Waals surface area contributed by atoms with E-state index in [1.54, 1.807) is 0 Å². The highest BCUT2D eigenvalue weighted by atomic mass is 19.4. The minimum absolute atomic E-state index is 0.0273. The predicted molar refractivity (Wildman–Crippen MR) is 32.4 cm³/mol. The van der Waals surface area contributed by atoms with Crippen LogP contribution in [0.5, 0.6) is 0 Å². The van der Waals surface area contributed by atoms with Gasteiger partial charge in [0.05, 0.1) is 13.1 Å². The molecular formula is C6H8F3N. The number of hydrogen-bond donors (Lipinski definition) is 0. The molecule has 0 aromatic carbocycles. The molecule has 0 rings (SSSR count). The van der Waals surface area contributed by atoms with Crippen LogP contribution in [0.2, 0.25) is 0 Å². The molecular weight excluding hydrogens is 143 g/mol. The number of alkyl halides is 3. The summed E-state index contributed by atoms with van der Waals surface area (Å²) in [7, 11) is 1.33. The summed E-state index contributed by atoms with van der Waals surface area (Å²) in [5, 5.41) is 0. The van der Waals surface area contributed by atoms with Crippen LogP contribution in [0.3, 0.4) is 0 Å². The van der Waals surface area contributed by atoms with E-state index in [0.29, 0.717) is 0 Å². The Bertz CT molecular complexity index is 133. The van der Waals surface area contributed by atoms with Crippen molar-refractivity contribution in [3.63, 3.8) is 0 Å². The molecule has 0 aromatic rings. The van der Waals surface area contributed by atoms with Gasteiger partial charge in [-0.25, -0.2) is 0 Å². The van der Waals surface area contributed by atoms with Crippen molar-refractivity contribution >= 4 is 0 Å². The van der Waals surface area contributed by atoms with Gasteiger partial charge < -0.3 is 0 Å². The third kappa shape index (κ3) is 5.45. The van der Waals surface area contributed by atoms with Gasteiger partial charge in [-0.05, 0) is 7.05 Å². The van der Waals surface area contributed by atoms with Crippen LogP contribution in [0, 0.1) is 12.3 Å². The van der Waals surface area contributed by atoms with E-state index in [4.69, 9.17) is 6.42 Å². The lowest BCUT2D eigenvalue weighted by Crippen LogP contribution is -2.31. The van der Waals surface area contributed by atoms with E-state index >= 15 is 0 Å². The molecule has 4 heteroatoms. The fourth-order valence-corrected chi connectivity index (χ4v) is 0.518. The second-order valence-corrected chi connectivity index (χ2v) is 1.99. The van der Waals surface area contributed by atoms with Gasteiger partial charge in [-0.1, -0.05) is 5.92 Å². The molecule has 0 bridgehead atoms. The molecule has 0 N–H and O–H groups in total. The molecule has 0 aliphatic rings. The van der Waals surface area contributed by atoms with Crippen molar-refractivity contribution in [2.24, 2.45) is 0 Å². The van der Waals surface area contributed by atoms with Gasteiger partial charge in [0, 0.05) is 0 Å². The molecule has 0 saturated heterocycles. The van der Waals surface area contributed by atoms with E-state index in [1.807, 2.05) is 0 Å². The summed E-state index contributed by atoms with van der Waals surface area (Å²) in [6, 6.07) is 0. The van der Waals surface area contributed by atoms with E-state index in [-0.39, 0.29) is 6.54 Å². The van der Waals surface area contributed by atoms with Crippen molar-refractivity contribution in [1.29, 1.82) is 0 Å². The Kier molecular flexibility index (Phi) is 3.23. The normalized spacial score (nSPS) is 11.6. The van der Waals surface area contributed by atoms with Crippen LogP contribution in [0.4, 0.5) is 13.2 Å². The summed E-state index contributed by atoms with van der Waals surface area (Å²) in [4.78, 5) is 1.03. The van der Waals surface area contributed by atoms with Gasteiger partial charge in [0.1, 0.15) is 0 Å². The van der Waals surface area contributed by atoms with Crippen LogP contribution in [0.1, 0.15) is 0 Å². The zero-order valence-corrected chi connectivity index (χ0v) is 5.57. The molecule has 0 aliphatic carbocycles. The maximum absolute atomic E-state index is 11.5.